The fraction of sp³-hybridized carbons (Fsp3) is 0.400. The van der Waals surface area contributed by atoms with Gasteiger partial charge < -0.3 is 10.6 Å². The first-order valence-corrected chi connectivity index (χ1v) is 10.1. The highest BCUT2D eigenvalue weighted by Gasteiger charge is 2.20. The number of anilines is 1. The van der Waals surface area contributed by atoms with Crippen molar-refractivity contribution >= 4 is 29.3 Å². The van der Waals surface area contributed by atoms with E-state index in [0.717, 1.165) is 42.5 Å². The number of hydrogen-bond donors (Lipinski definition) is 2. The van der Waals surface area contributed by atoms with Crippen LogP contribution in [0.15, 0.2) is 54.5 Å². The van der Waals surface area contributed by atoms with Gasteiger partial charge in [-0.2, -0.15) is 0 Å². The molecule has 7 heteroatoms. The molecule has 0 saturated carbocycles. The molecule has 27 heavy (non-hydrogen) atoms. The summed E-state index contributed by atoms with van der Waals surface area (Å²) in [5.41, 5.74) is 0.840. The molecular formula is C20H28N4O2S. The lowest BCUT2D eigenvalue weighted by Crippen LogP contribution is -2.51. The second-order valence-corrected chi connectivity index (χ2v) is 7.35. The van der Waals surface area contributed by atoms with E-state index < -0.39 is 0 Å². The number of amides is 2. The Labute approximate surface area is 165 Å². The van der Waals surface area contributed by atoms with Crippen molar-refractivity contribution in [3.63, 3.8) is 0 Å². The van der Waals surface area contributed by atoms with Crippen LogP contribution >= 0.6 is 11.8 Å². The number of carbonyl (C=O) groups excluding carboxylic acids is 2. The molecule has 2 N–H and O–H groups in total. The number of nitrogens with zero attached hydrogens (tertiary/aromatic N) is 2. The summed E-state index contributed by atoms with van der Waals surface area (Å²) in [4.78, 5) is 29.4. The van der Waals surface area contributed by atoms with E-state index in [-0.39, 0.29) is 11.8 Å². The molecule has 2 amide bonds. The average Bonchev–Trinajstić information content (AvgIpc) is 2.67. The average molecular weight is 389 g/mol. The molecule has 1 aliphatic rings. The van der Waals surface area contributed by atoms with E-state index in [0.29, 0.717) is 19.6 Å². The Morgan fingerprint density at radius 3 is 2.26 bits per heavy atom. The lowest BCUT2D eigenvalue weighted by molar-refractivity contribution is -0.123. The van der Waals surface area contributed by atoms with Gasteiger partial charge in [0.15, 0.2) is 0 Å². The van der Waals surface area contributed by atoms with E-state index in [1.54, 1.807) is 17.8 Å². The zero-order valence-electron chi connectivity index (χ0n) is 15.7. The zero-order chi connectivity index (χ0) is 19.5. The van der Waals surface area contributed by atoms with Crippen molar-refractivity contribution in [3.8, 4) is 0 Å². The van der Waals surface area contributed by atoms with Crippen molar-refractivity contribution in [2.45, 2.75) is 4.90 Å². The summed E-state index contributed by atoms with van der Waals surface area (Å²) >= 11 is 1.65. The monoisotopic (exact) mass is 388 g/mol. The van der Waals surface area contributed by atoms with Gasteiger partial charge in [-0.1, -0.05) is 24.3 Å². The third-order valence-electron chi connectivity index (χ3n) is 4.16. The SMILES string of the molecule is C=CCNC(=O)CN1CCN(CC(=O)Nc2ccccc2SCC=C)CC1. The van der Waals surface area contributed by atoms with Crippen molar-refractivity contribution < 1.29 is 9.59 Å². The van der Waals surface area contributed by atoms with Crippen molar-refractivity contribution in [2.24, 2.45) is 0 Å². The maximum Gasteiger partial charge on any atom is 0.238 e. The van der Waals surface area contributed by atoms with Crippen LogP contribution in [0.2, 0.25) is 0 Å². The van der Waals surface area contributed by atoms with E-state index >= 15 is 0 Å². The molecule has 6 nitrogen and oxygen atoms in total. The molecule has 0 bridgehead atoms. The van der Waals surface area contributed by atoms with Gasteiger partial charge in [-0.05, 0) is 12.1 Å². The second kappa shape index (κ2) is 11.6. The smallest absolute Gasteiger partial charge is 0.238 e. The number of thioether (sulfide) groups is 1. The Morgan fingerprint density at radius 2 is 1.63 bits per heavy atom. The van der Waals surface area contributed by atoms with Gasteiger partial charge in [0.2, 0.25) is 11.8 Å². The largest absolute Gasteiger partial charge is 0.352 e. The zero-order valence-corrected chi connectivity index (χ0v) is 16.5. The lowest BCUT2D eigenvalue weighted by atomic mass is 10.3. The van der Waals surface area contributed by atoms with Crippen LogP contribution in [0.5, 0.6) is 0 Å². The van der Waals surface area contributed by atoms with Crippen molar-refractivity contribution in [2.75, 3.05) is 56.9 Å². The van der Waals surface area contributed by atoms with Crippen LogP contribution in [0.25, 0.3) is 0 Å². The van der Waals surface area contributed by atoms with Crippen LogP contribution in [-0.4, -0.2) is 73.2 Å². The standard InChI is InChI=1S/C20H28N4O2S/c1-3-9-21-19(25)15-23-10-12-24(13-11-23)16-20(26)22-17-7-5-6-8-18(17)27-14-4-2/h3-8H,1-2,9-16H2,(H,21,25)(H,22,26). The number of rotatable bonds is 10. The summed E-state index contributed by atoms with van der Waals surface area (Å²) in [6, 6.07) is 7.80. The predicted molar refractivity (Wildman–Crippen MR) is 112 cm³/mol. The maximum absolute atomic E-state index is 12.4. The van der Waals surface area contributed by atoms with Gasteiger partial charge in [0, 0.05) is 43.4 Å². The van der Waals surface area contributed by atoms with Gasteiger partial charge in [-0.15, -0.1) is 24.9 Å². The Kier molecular flexibility index (Phi) is 9.10. The summed E-state index contributed by atoms with van der Waals surface area (Å²) in [5, 5.41) is 5.80. The number of carbonyl (C=O) groups is 2. The minimum atomic E-state index is -0.0150. The Hall–Kier alpha value is -2.09. The molecule has 1 aliphatic heterocycles. The predicted octanol–water partition coefficient (Wildman–Crippen LogP) is 1.82. The molecule has 0 spiro atoms. The maximum atomic E-state index is 12.4. The third kappa shape index (κ3) is 7.58. The molecule has 1 heterocycles. The molecular weight excluding hydrogens is 360 g/mol. The summed E-state index contributed by atoms with van der Waals surface area (Å²) in [7, 11) is 0. The first-order valence-electron chi connectivity index (χ1n) is 9.07. The highest BCUT2D eigenvalue weighted by Crippen LogP contribution is 2.26. The van der Waals surface area contributed by atoms with E-state index in [2.05, 4.69) is 33.6 Å². The summed E-state index contributed by atoms with van der Waals surface area (Å²) in [6.45, 7) is 11.7. The van der Waals surface area contributed by atoms with E-state index in [1.807, 2.05) is 30.3 Å². The molecule has 0 unspecified atom stereocenters. The highest BCUT2D eigenvalue weighted by atomic mass is 32.2. The molecule has 2 rings (SSSR count). The number of nitrogens with one attached hydrogen (secondary N) is 2. The van der Waals surface area contributed by atoms with Crippen LogP contribution in [0, 0.1) is 0 Å². The van der Waals surface area contributed by atoms with Crippen LogP contribution in [0.3, 0.4) is 0 Å². The third-order valence-corrected chi connectivity index (χ3v) is 5.23. The quantitative estimate of drug-likeness (QED) is 0.473. The van der Waals surface area contributed by atoms with Crippen LogP contribution in [-0.2, 0) is 9.59 Å². The Bertz CT molecular complexity index is 657. The second-order valence-electron chi connectivity index (χ2n) is 6.29. The molecule has 1 fully saturated rings. The first kappa shape index (κ1) is 21.2. The summed E-state index contributed by atoms with van der Waals surface area (Å²) < 4.78 is 0. The fourth-order valence-electron chi connectivity index (χ4n) is 2.79. The van der Waals surface area contributed by atoms with Crippen LogP contribution in [0.4, 0.5) is 5.69 Å². The van der Waals surface area contributed by atoms with Crippen molar-refractivity contribution in [1.82, 2.24) is 15.1 Å². The summed E-state index contributed by atoms with van der Waals surface area (Å²) in [6.07, 6.45) is 3.52. The number of para-hydroxylation sites is 1. The minimum absolute atomic E-state index is 0.00900. The van der Waals surface area contributed by atoms with Gasteiger partial charge in [0.05, 0.1) is 18.8 Å². The first-order chi connectivity index (χ1) is 13.1. The topological polar surface area (TPSA) is 64.7 Å². The number of piperazine rings is 1. The van der Waals surface area contributed by atoms with E-state index in [4.69, 9.17) is 0 Å². The van der Waals surface area contributed by atoms with Crippen LogP contribution < -0.4 is 10.6 Å². The lowest BCUT2D eigenvalue weighted by Gasteiger charge is -2.33. The van der Waals surface area contributed by atoms with Gasteiger partial charge >= 0.3 is 0 Å². The molecule has 1 aromatic rings. The van der Waals surface area contributed by atoms with E-state index in [1.165, 1.54) is 0 Å². The molecule has 0 radical (unpaired) electrons. The van der Waals surface area contributed by atoms with Gasteiger partial charge in [-0.3, -0.25) is 19.4 Å². The van der Waals surface area contributed by atoms with Gasteiger partial charge in [-0.25, -0.2) is 0 Å². The normalized spacial score (nSPS) is 15.1. The number of benzene rings is 1. The molecule has 0 aliphatic carbocycles. The van der Waals surface area contributed by atoms with Crippen LogP contribution in [0.1, 0.15) is 0 Å². The van der Waals surface area contributed by atoms with Crippen molar-refractivity contribution in [1.29, 1.82) is 0 Å². The molecule has 0 atom stereocenters. The van der Waals surface area contributed by atoms with Crippen molar-refractivity contribution in [3.05, 3.63) is 49.6 Å². The fourth-order valence-corrected chi connectivity index (χ4v) is 3.53. The Morgan fingerprint density at radius 1 is 1.00 bits per heavy atom. The van der Waals surface area contributed by atoms with Gasteiger partial charge in [0.25, 0.3) is 0 Å². The minimum Gasteiger partial charge on any atom is -0.352 e. The molecule has 1 saturated heterocycles. The highest BCUT2D eigenvalue weighted by molar-refractivity contribution is 7.99. The Balaban J connectivity index is 1.75. The summed E-state index contributed by atoms with van der Waals surface area (Å²) in [5.74, 6) is 0.795. The van der Waals surface area contributed by atoms with Gasteiger partial charge in [0.1, 0.15) is 0 Å². The molecule has 0 aromatic heterocycles. The molecule has 1 aromatic carbocycles. The molecule has 146 valence electrons. The number of hydrogen-bond acceptors (Lipinski definition) is 5. The van der Waals surface area contributed by atoms with E-state index in [9.17, 15) is 9.59 Å².